The van der Waals surface area contributed by atoms with Crippen molar-refractivity contribution < 1.29 is 9.18 Å². The van der Waals surface area contributed by atoms with Gasteiger partial charge < -0.3 is 5.32 Å². The van der Waals surface area contributed by atoms with Crippen LogP contribution in [0.15, 0.2) is 29.2 Å². The molecule has 0 spiro atoms. The van der Waals surface area contributed by atoms with Crippen molar-refractivity contribution in [2.45, 2.75) is 76.3 Å². The van der Waals surface area contributed by atoms with Crippen LogP contribution in [0, 0.1) is 29.5 Å². The first kappa shape index (κ1) is 20.7. The molecular formula is C22H33FN2OS. The molecule has 1 aromatic rings. The summed E-state index contributed by atoms with van der Waals surface area (Å²) in [6.45, 7) is 8.32. The van der Waals surface area contributed by atoms with Gasteiger partial charge in [0.15, 0.2) is 0 Å². The standard InChI is InChI=1S/C22H33FN2OS/c1-5-16-12-15-10-14(2)11-17(13-15)20(16)24-21(26)22(3,4)25-27-19-9-7-6-8-18(19)23/h6-9,14-17,20,25H,5,10-13H2,1-4H3,(H,24,26). The van der Waals surface area contributed by atoms with Crippen LogP contribution in [0.3, 0.4) is 0 Å². The smallest absolute Gasteiger partial charge is 0.240 e. The number of benzene rings is 1. The van der Waals surface area contributed by atoms with Crippen LogP contribution in [0.5, 0.6) is 0 Å². The van der Waals surface area contributed by atoms with Gasteiger partial charge in [-0.25, -0.2) is 9.11 Å². The van der Waals surface area contributed by atoms with Crippen LogP contribution in [0.1, 0.15) is 59.8 Å². The van der Waals surface area contributed by atoms with Gasteiger partial charge in [0.1, 0.15) is 11.4 Å². The van der Waals surface area contributed by atoms with Crippen LogP contribution >= 0.6 is 11.9 Å². The van der Waals surface area contributed by atoms with Crippen LogP contribution in [0.4, 0.5) is 4.39 Å². The maximum atomic E-state index is 13.9. The number of fused-ring (bicyclic) bond motifs is 2. The highest BCUT2D eigenvalue weighted by Crippen LogP contribution is 2.46. The first-order chi connectivity index (χ1) is 12.8. The molecule has 2 N–H and O–H groups in total. The van der Waals surface area contributed by atoms with E-state index in [4.69, 9.17) is 0 Å². The number of nitrogens with one attached hydrogen (secondary N) is 2. The van der Waals surface area contributed by atoms with Crippen LogP contribution in [-0.4, -0.2) is 17.5 Å². The monoisotopic (exact) mass is 392 g/mol. The van der Waals surface area contributed by atoms with Gasteiger partial charge in [-0.15, -0.1) is 0 Å². The van der Waals surface area contributed by atoms with Gasteiger partial charge in [0.25, 0.3) is 0 Å². The molecule has 2 aliphatic carbocycles. The summed E-state index contributed by atoms with van der Waals surface area (Å²) in [6, 6.07) is 6.89. The van der Waals surface area contributed by atoms with E-state index in [-0.39, 0.29) is 17.8 Å². The van der Waals surface area contributed by atoms with E-state index in [9.17, 15) is 9.18 Å². The molecule has 0 radical (unpaired) electrons. The van der Waals surface area contributed by atoms with Gasteiger partial charge in [-0.2, -0.15) is 0 Å². The summed E-state index contributed by atoms with van der Waals surface area (Å²) in [5.41, 5.74) is -0.775. The number of halogens is 1. The Kier molecular flexibility index (Phi) is 6.52. The van der Waals surface area contributed by atoms with Gasteiger partial charge in [0.05, 0.1) is 4.90 Å². The normalized spacial score (nSPS) is 30.8. The fraction of sp³-hybridized carbons (Fsp3) is 0.682. The van der Waals surface area contributed by atoms with Crippen LogP contribution in [0.2, 0.25) is 0 Å². The summed E-state index contributed by atoms with van der Waals surface area (Å²) < 4.78 is 17.0. The Bertz CT molecular complexity index is 663. The Morgan fingerprint density at radius 1 is 1.22 bits per heavy atom. The van der Waals surface area contributed by atoms with E-state index in [0.29, 0.717) is 16.7 Å². The second-order valence-corrected chi connectivity index (χ2v) is 9.95. The van der Waals surface area contributed by atoms with Crippen molar-refractivity contribution in [1.82, 2.24) is 10.0 Å². The average molecular weight is 393 g/mol. The van der Waals surface area contributed by atoms with Gasteiger partial charge in [0, 0.05) is 6.04 Å². The predicted octanol–water partition coefficient (Wildman–Crippen LogP) is 5.17. The Morgan fingerprint density at radius 2 is 1.96 bits per heavy atom. The highest BCUT2D eigenvalue weighted by Gasteiger charge is 2.43. The van der Waals surface area contributed by atoms with Gasteiger partial charge in [-0.1, -0.05) is 32.4 Å². The lowest BCUT2D eigenvalue weighted by atomic mass is 9.62. The zero-order valence-corrected chi connectivity index (χ0v) is 17.7. The molecule has 0 saturated heterocycles. The minimum absolute atomic E-state index is 0.00599. The van der Waals surface area contributed by atoms with E-state index in [1.807, 2.05) is 13.8 Å². The van der Waals surface area contributed by atoms with Gasteiger partial charge in [-0.05, 0) is 87.3 Å². The number of carbonyl (C=O) groups is 1. The third kappa shape index (κ3) is 4.86. The molecule has 5 unspecified atom stereocenters. The van der Waals surface area contributed by atoms with Crippen LogP contribution < -0.4 is 10.0 Å². The van der Waals surface area contributed by atoms with Gasteiger partial charge in [0.2, 0.25) is 5.91 Å². The minimum atomic E-state index is -0.775. The Hall–Kier alpha value is -1.07. The Balaban J connectivity index is 1.64. The summed E-state index contributed by atoms with van der Waals surface area (Å²) in [7, 11) is 0. The van der Waals surface area contributed by atoms with E-state index in [0.717, 1.165) is 18.3 Å². The molecule has 2 aliphatic rings. The number of hydrogen-bond acceptors (Lipinski definition) is 3. The van der Waals surface area contributed by atoms with Gasteiger partial charge in [-0.3, -0.25) is 4.79 Å². The number of amides is 1. The van der Waals surface area contributed by atoms with Gasteiger partial charge >= 0.3 is 0 Å². The predicted molar refractivity (Wildman–Crippen MR) is 110 cm³/mol. The molecule has 2 saturated carbocycles. The number of rotatable bonds is 6. The van der Waals surface area contributed by atoms with E-state index in [2.05, 4.69) is 23.9 Å². The molecule has 2 fully saturated rings. The lowest BCUT2D eigenvalue weighted by Crippen LogP contribution is -2.58. The lowest BCUT2D eigenvalue weighted by molar-refractivity contribution is -0.128. The first-order valence-corrected chi connectivity index (χ1v) is 11.1. The Morgan fingerprint density at radius 3 is 2.67 bits per heavy atom. The van der Waals surface area contributed by atoms with E-state index in [1.165, 1.54) is 43.7 Å². The second kappa shape index (κ2) is 8.52. The van der Waals surface area contributed by atoms with Crippen molar-refractivity contribution in [2.75, 3.05) is 0 Å². The number of hydrogen-bond donors (Lipinski definition) is 2. The molecule has 0 aromatic heterocycles. The first-order valence-electron chi connectivity index (χ1n) is 10.3. The highest BCUT2D eigenvalue weighted by atomic mass is 32.2. The third-order valence-electron chi connectivity index (χ3n) is 6.37. The minimum Gasteiger partial charge on any atom is -0.351 e. The molecule has 1 amide bonds. The fourth-order valence-corrected chi connectivity index (χ4v) is 5.76. The van der Waals surface area contributed by atoms with E-state index < -0.39 is 5.54 Å². The summed E-state index contributed by atoms with van der Waals surface area (Å²) >= 11 is 1.18. The molecular weight excluding hydrogens is 359 g/mol. The SMILES string of the molecule is CCC1CC2CC(C)CC(C2)C1NC(=O)C(C)(C)NSc1ccccc1F. The quantitative estimate of drug-likeness (QED) is 0.656. The summed E-state index contributed by atoms with van der Waals surface area (Å²) in [4.78, 5) is 13.6. The third-order valence-corrected chi connectivity index (χ3v) is 7.53. The van der Waals surface area contributed by atoms with E-state index >= 15 is 0 Å². The van der Waals surface area contributed by atoms with Crippen molar-refractivity contribution >= 4 is 17.9 Å². The second-order valence-electron chi connectivity index (χ2n) is 9.10. The summed E-state index contributed by atoms with van der Waals surface area (Å²) in [5, 5.41) is 3.38. The molecule has 3 nitrogen and oxygen atoms in total. The van der Waals surface area contributed by atoms with Crippen molar-refractivity contribution in [3.8, 4) is 0 Å². The summed E-state index contributed by atoms with van der Waals surface area (Å²) in [5.74, 6) is 2.49. The van der Waals surface area contributed by atoms with Crippen molar-refractivity contribution in [3.05, 3.63) is 30.1 Å². The van der Waals surface area contributed by atoms with Crippen LogP contribution in [0.25, 0.3) is 0 Å². The van der Waals surface area contributed by atoms with Crippen LogP contribution in [-0.2, 0) is 4.79 Å². The molecule has 0 heterocycles. The average Bonchev–Trinajstić information content (AvgIpc) is 2.62. The van der Waals surface area contributed by atoms with Crippen molar-refractivity contribution in [1.29, 1.82) is 0 Å². The van der Waals surface area contributed by atoms with Crippen molar-refractivity contribution in [2.24, 2.45) is 23.7 Å². The molecule has 27 heavy (non-hydrogen) atoms. The largest absolute Gasteiger partial charge is 0.351 e. The summed E-state index contributed by atoms with van der Waals surface area (Å²) in [6.07, 6.45) is 6.17. The molecule has 150 valence electrons. The highest BCUT2D eigenvalue weighted by molar-refractivity contribution is 7.97. The van der Waals surface area contributed by atoms with Crippen molar-refractivity contribution in [3.63, 3.8) is 0 Å². The molecule has 0 aliphatic heterocycles. The molecule has 1 aromatic carbocycles. The maximum absolute atomic E-state index is 13.9. The molecule has 2 bridgehead atoms. The molecule has 3 rings (SSSR count). The maximum Gasteiger partial charge on any atom is 0.240 e. The zero-order valence-electron chi connectivity index (χ0n) is 16.9. The van der Waals surface area contributed by atoms with E-state index in [1.54, 1.807) is 18.2 Å². The lowest BCUT2D eigenvalue weighted by Gasteiger charge is -2.48. The molecule has 5 heteroatoms. The zero-order chi connectivity index (χ0) is 19.6. The topological polar surface area (TPSA) is 41.1 Å². The Labute approximate surface area is 167 Å². The molecule has 5 atom stereocenters. The number of carbonyl (C=O) groups excluding carboxylic acids is 1. The fourth-order valence-electron chi connectivity index (χ4n) is 4.99.